The zero-order valence-electron chi connectivity index (χ0n) is 5.54. The lowest BCUT2D eigenvalue weighted by Gasteiger charge is -1.96. The summed E-state index contributed by atoms with van der Waals surface area (Å²) in [6.07, 6.45) is 1.22. The summed E-state index contributed by atoms with van der Waals surface area (Å²) in [5, 5.41) is 0. The summed E-state index contributed by atoms with van der Waals surface area (Å²) in [6.45, 7) is 0. The molecule has 0 saturated carbocycles. The molecule has 0 spiro atoms. The number of nitrogens with one attached hydrogen (secondary N) is 1. The van der Waals surface area contributed by atoms with Gasteiger partial charge in [0, 0.05) is 22.9 Å². The van der Waals surface area contributed by atoms with Crippen LogP contribution < -0.4 is 5.56 Å². The molecule has 66 valence electrons. The third-order valence-electron chi connectivity index (χ3n) is 1.10. The van der Waals surface area contributed by atoms with Crippen molar-refractivity contribution in [2.24, 2.45) is 0 Å². The molecule has 0 amide bonds. The molecule has 0 aromatic carbocycles. The van der Waals surface area contributed by atoms with E-state index in [0.717, 1.165) is 6.07 Å². The summed E-state index contributed by atoms with van der Waals surface area (Å²) < 4.78 is 21.8. The van der Waals surface area contributed by atoms with E-state index in [9.17, 15) is 13.2 Å². The van der Waals surface area contributed by atoms with Gasteiger partial charge in [0.05, 0.1) is 4.47 Å². The number of halogens is 2. The Hall–Kier alpha value is -0.330. The van der Waals surface area contributed by atoms with Gasteiger partial charge in [-0.2, -0.15) is 0 Å². The molecular weight excluding hydrogens is 269 g/mol. The Kier molecular flexibility index (Phi) is 2.60. The average Bonchev–Trinajstić information content (AvgIpc) is 1.92. The van der Waals surface area contributed by atoms with Crippen molar-refractivity contribution in [2.45, 2.75) is 4.90 Å². The number of H-pyrrole nitrogens is 1. The van der Waals surface area contributed by atoms with Crippen LogP contribution in [0.15, 0.2) is 26.4 Å². The molecule has 0 fully saturated rings. The topological polar surface area (TPSA) is 67.0 Å². The normalized spacial score (nSPS) is 11.5. The maximum Gasteiger partial charge on any atom is 0.262 e. The van der Waals surface area contributed by atoms with Crippen LogP contribution in [0.3, 0.4) is 0 Å². The maximum absolute atomic E-state index is 10.8. The summed E-state index contributed by atoms with van der Waals surface area (Å²) >= 11 is 2.93. The number of pyridine rings is 1. The predicted octanol–water partition coefficient (Wildman–Crippen LogP) is 1.06. The van der Waals surface area contributed by atoms with E-state index in [-0.39, 0.29) is 9.37 Å². The number of rotatable bonds is 1. The summed E-state index contributed by atoms with van der Waals surface area (Å²) in [6, 6.07) is 0.909. The lowest BCUT2D eigenvalue weighted by Crippen LogP contribution is -2.06. The van der Waals surface area contributed by atoms with Gasteiger partial charge in [-0.25, -0.2) is 8.42 Å². The van der Waals surface area contributed by atoms with Crippen LogP contribution >= 0.6 is 26.6 Å². The van der Waals surface area contributed by atoms with Crippen LogP contribution in [0.5, 0.6) is 0 Å². The highest BCUT2D eigenvalue weighted by Gasteiger charge is 2.14. The molecule has 1 N–H and O–H groups in total. The minimum absolute atomic E-state index is 0.229. The van der Waals surface area contributed by atoms with Gasteiger partial charge in [-0.3, -0.25) is 4.79 Å². The van der Waals surface area contributed by atoms with Crippen LogP contribution in [0.2, 0.25) is 0 Å². The zero-order valence-corrected chi connectivity index (χ0v) is 8.70. The molecule has 1 heterocycles. The van der Waals surface area contributed by atoms with E-state index in [1.807, 2.05) is 0 Å². The second-order valence-corrected chi connectivity index (χ2v) is 5.34. The largest absolute Gasteiger partial charge is 0.328 e. The molecule has 4 nitrogen and oxygen atoms in total. The summed E-state index contributed by atoms with van der Waals surface area (Å²) in [5.74, 6) is 0. The van der Waals surface area contributed by atoms with Crippen molar-refractivity contribution < 1.29 is 8.42 Å². The second kappa shape index (κ2) is 3.20. The van der Waals surface area contributed by atoms with Crippen LogP contribution in [0, 0.1) is 0 Å². The van der Waals surface area contributed by atoms with Gasteiger partial charge in [0.1, 0.15) is 4.90 Å². The van der Waals surface area contributed by atoms with E-state index in [0.29, 0.717) is 0 Å². The van der Waals surface area contributed by atoms with Gasteiger partial charge < -0.3 is 4.98 Å². The lowest BCUT2D eigenvalue weighted by atomic mass is 10.5. The molecule has 0 unspecified atom stereocenters. The van der Waals surface area contributed by atoms with Gasteiger partial charge >= 0.3 is 0 Å². The molecule has 0 aliphatic heterocycles. The van der Waals surface area contributed by atoms with Gasteiger partial charge in [0.25, 0.3) is 9.05 Å². The molecular formula is C5H3BrClNO3S. The van der Waals surface area contributed by atoms with Gasteiger partial charge in [0.2, 0.25) is 5.56 Å². The SMILES string of the molecule is O=c1cc(S(=O)(=O)Cl)c(Br)c[nH]1. The van der Waals surface area contributed by atoms with E-state index >= 15 is 0 Å². The first-order valence-corrected chi connectivity index (χ1v) is 5.84. The molecule has 0 radical (unpaired) electrons. The Balaban J connectivity index is 3.54. The highest BCUT2D eigenvalue weighted by Crippen LogP contribution is 2.21. The molecule has 7 heteroatoms. The second-order valence-electron chi connectivity index (χ2n) is 1.95. The van der Waals surface area contributed by atoms with Crippen molar-refractivity contribution in [1.82, 2.24) is 4.98 Å². The summed E-state index contributed by atoms with van der Waals surface area (Å²) in [4.78, 5) is 12.7. The molecule has 1 rings (SSSR count). The Labute approximate surface area is 81.1 Å². The zero-order chi connectivity index (χ0) is 9.35. The molecule has 0 saturated heterocycles. The van der Waals surface area contributed by atoms with Crippen LogP contribution in [-0.4, -0.2) is 13.4 Å². The number of aromatic nitrogens is 1. The smallest absolute Gasteiger partial charge is 0.262 e. The standard InChI is InChI=1S/C5H3BrClNO3S/c6-3-2-8-5(9)1-4(3)12(7,10)11/h1-2H,(H,8,9). The minimum atomic E-state index is -3.85. The van der Waals surface area contributed by atoms with E-state index in [1.54, 1.807) is 0 Å². The average molecular weight is 273 g/mol. The molecule has 0 aliphatic carbocycles. The maximum atomic E-state index is 10.8. The predicted molar refractivity (Wildman–Crippen MR) is 47.8 cm³/mol. The first kappa shape index (κ1) is 9.76. The van der Waals surface area contributed by atoms with Crippen molar-refractivity contribution in [1.29, 1.82) is 0 Å². The van der Waals surface area contributed by atoms with Gasteiger partial charge in [-0.05, 0) is 15.9 Å². The number of aromatic amines is 1. The van der Waals surface area contributed by atoms with E-state index in [4.69, 9.17) is 10.7 Å². The van der Waals surface area contributed by atoms with Crippen molar-refractivity contribution in [3.05, 3.63) is 27.1 Å². The monoisotopic (exact) mass is 271 g/mol. The highest BCUT2D eigenvalue weighted by atomic mass is 79.9. The van der Waals surface area contributed by atoms with Crippen molar-refractivity contribution in [2.75, 3.05) is 0 Å². The first-order valence-electron chi connectivity index (χ1n) is 2.74. The fraction of sp³-hybridized carbons (Fsp3) is 0. The summed E-state index contributed by atoms with van der Waals surface area (Å²) in [7, 11) is 1.17. The van der Waals surface area contributed by atoms with Crippen LogP contribution in [0.1, 0.15) is 0 Å². The molecule has 0 bridgehead atoms. The fourth-order valence-electron chi connectivity index (χ4n) is 0.622. The quantitative estimate of drug-likeness (QED) is 0.778. The molecule has 1 aromatic rings. The third-order valence-corrected chi connectivity index (χ3v) is 3.38. The van der Waals surface area contributed by atoms with Crippen LogP contribution in [0.4, 0.5) is 0 Å². The van der Waals surface area contributed by atoms with E-state index in [2.05, 4.69) is 20.9 Å². The Morgan fingerprint density at radius 1 is 1.50 bits per heavy atom. The van der Waals surface area contributed by atoms with Crippen molar-refractivity contribution >= 4 is 35.7 Å². The van der Waals surface area contributed by atoms with Crippen molar-refractivity contribution in [3.63, 3.8) is 0 Å². The minimum Gasteiger partial charge on any atom is -0.328 e. The first-order chi connectivity index (χ1) is 5.41. The number of hydrogen-bond acceptors (Lipinski definition) is 3. The fourth-order valence-corrected chi connectivity index (χ4v) is 2.69. The molecule has 0 aliphatic rings. The van der Waals surface area contributed by atoms with Crippen molar-refractivity contribution in [3.8, 4) is 0 Å². The van der Waals surface area contributed by atoms with E-state index in [1.165, 1.54) is 6.20 Å². The molecule has 1 aromatic heterocycles. The third kappa shape index (κ3) is 2.09. The van der Waals surface area contributed by atoms with Gasteiger partial charge in [-0.15, -0.1) is 0 Å². The van der Waals surface area contributed by atoms with Crippen LogP contribution in [0.25, 0.3) is 0 Å². The van der Waals surface area contributed by atoms with E-state index < -0.39 is 14.6 Å². The molecule has 12 heavy (non-hydrogen) atoms. The molecule has 0 atom stereocenters. The Morgan fingerprint density at radius 3 is 2.50 bits per heavy atom. The van der Waals surface area contributed by atoms with Gasteiger partial charge in [0.15, 0.2) is 0 Å². The van der Waals surface area contributed by atoms with Gasteiger partial charge in [-0.1, -0.05) is 0 Å². The number of hydrogen-bond donors (Lipinski definition) is 1. The van der Waals surface area contributed by atoms with Crippen LogP contribution in [-0.2, 0) is 9.05 Å². The lowest BCUT2D eigenvalue weighted by molar-refractivity contribution is 0.609. The Morgan fingerprint density at radius 2 is 2.08 bits per heavy atom. The highest BCUT2D eigenvalue weighted by molar-refractivity contribution is 9.10. The Bertz CT molecular complexity index is 452. The summed E-state index contributed by atoms with van der Waals surface area (Å²) in [5.41, 5.74) is -0.516.